The lowest BCUT2D eigenvalue weighted by Crippen LogP contribution is -2.34. The van der Waals surface area contributed by atoms with Crippen LogP contribution < -0.4 is 5.32 Å². The molecule has 0 unspecified atom stereocenters. The lowest BCUT2D eigenvalue weighted by Gasteiger charge is -2.30. The standard InChI is InChI=1S/C16H24ClFN2/c1-13-6-10-20(11-7-13)9-3-8-19-12-14-4-2-5-15(17)16(14)18/h2,4-5,13,19H,3,6-12H2,1H3. The number of benzene rings is 1. The molecular formula is C16H24ClFN2. The molecule has 1 aliphatic rings. The summed E-state index contributed by atoms with van der Waals surface area (Å²) in [7, 11) is 0. The fraction of sp³-hybridized carbons (Fsp3) is 0.625. The molecule has 2 nitrogen and oxygen atoms in total. The Morgan fingerprint density at radius 3 is 2.85 bits per heavy atom. The van der Waals surface area contributed by atoms with Gasteiger partial charge in [0.1, 0.15) is 5.82 Å². The highest BCUT2D eigenvalue weighted by atomic mass is 35.5. The zero-order valence-corrected chi connectivity index (χ0v) is 12.9. The second-order valence-electron chi connectivity index (χ2n) is 5.77. The first kappa shape index (κ1) is 15.7. The maximum Gasteiger partial charge on any atom is 0.146 e. The summed E-state index contributed by atoms with van der Waals surface area (Å²) in [5.74, 6) is 0.585. The lowest BCUT2D eigenvalue weighted by atomic mass is 9.99. The maximum atomic E-state index is 13.7. The quantitative estimate of drug-likeness (QED) is 0.806. The van der Waals surface area contributed by atoms with Crippen LogP contribution in [0, 0.1) is 11.7 Å². The van der Waals surface area contributed by atoms with Gasteiger partial charge in [-0.3, -0.25) is 0 Å². The number of likely N-dealkylation sites (tertiary alicyclic amines) is 1. The van der Waals surface area contributed by atoms with E-state index in [1.54, 1.807) is 18.2 Å². The molecule has 112 valence electrons. The van der Waals surface area contributed by atoms with Crippen molar-refractivity contribution in [3.63, 3.8) is 0 Å². The van der Waals surface area contributed by atoms with Gasteiger partial charge in [-0.1, -0.05) is 30.7 Å². The van der Waals surface area contributed by atoms with E-state index in [1.165, 1.54) is 25.9 Å². The molecule has 1 aromatic carbocycles. The van der Waals surface area contributed by atoms with Crippen LogP contribution in [0.15, 0.2) is 18.2 Å². The largest absolute Gasteiger partial charge is 0.313 e. The number of rotatable bonds is 6. The van der Waals surface area contributed by atoms with E-state index in [0.29, 0.717) is 12.1 Å². The number of hydrogen-bond acceptors (Lipinski definition) is 2. The molecule has 0 spiro atoms. The molecule has 0 amide bonds. The predicted octanol–water partition coefficient (Wildman–Crippen LogP) is 3.69. The van der Waals surface area contributed by atoms with Gasteiger partial charge >= 0.3 is 0 Å². The molecular weight excluding hydrogens is 275 g/mol. The molecule has 0 atom stereocenters. The van der Waals surface area contributed by atoms with Crippen LogP contribution in [-0.4, -0.2) is 31.1 Å². The van der Waals surface area contributed by atoms with Crippen molar-refractivity contribution >= 4 is 11.6 Å². The van der Waals surface area contributed by atoms with E-state index < -0.39 is 0 Å². The summed E-state index contributed by atoms with van der Waals surface area (Å²) in [5.41, 5.74) is 0.643. The van der Waals surface area contributed by atoms with Gasteiger partial charge in [0.25, 0.3) is 0 Å². The third-order valence-corrected chi connectivity index (χ3v) is 4.34. The Morgan fingerprint density at radius 1 is 1.35 bits per heavy atom. The molecule has 1 fully saturated rings. The minimum absolute atomic E-state index is 0.201. The summed E-state index contributed by atoms with van der Waals surface area (Å²) in [4.78, 5) is 2.53. The fourth-order valence-electron chi connectivity index (χ4n) is 2.62. The van der Waals surface area contributed by atoms with Gasteiger partial charge in [0.2, 0.25) is 0 Å². The van der Waals surface area contributed by atoms with Crippen molar-refractivity contribution in [1.82, 2.24) is 10.2 Å². The molecule has 4 heteroatoms. The van der Waals surface area contributed by atoms with E-state index in [2.05, 4.69) is 17.1 Å². The molecule has 1 N–H and O–H groups in total. The van der Waals surface area contributed by atoms with Crippen LogP contribution in [0.1, 0.15) is 31.7 Å². The van der Waals surface area contributed by atoms with E-state index in [-0.39, 0.29) is 10.8 Å². The zero-order valence-electron chi connectivity index (χ0n) is 12.2. The van der Waals surface area contributed by atoms with Crippen LogP contribution in [0.25, 0.3) is 0 Å². The Labute approximate surface area is 126 Å². The molecule has 20 heavy (non-hydrogen) atoms. The van der Waals surface area contributed by atoms with Crippen LogP contribution in [0.5, 0.6) is 0 Å². The third kappa shape index (κ3) is 4.72. The highest BCUT2D eigenvalue weighted by molar-refractivity contribution is 6.30. The average Bonchev–Trinajstić information content (AvgIpc) is 2.45. The van der Waals surface area contributed by atoms with Gasteiger partial charge in [0, 0.05) is 12.1 Å². The normalized spacial score (nSPS) is 17.6. The van der Waals surface area contributed by atoms with Crippen molar-refractivity contribution in [2.75, 3.05) is 26.2 Å². The van der Waals surface area contributed by atoms with Gasteiger partial charge < -0.3 is 10.2 Å². The zero-order chi connectivity index (χ0) is 14.4. The van der Waals surface area contributed by atoms with Crippen molar-refractivity contribution in [1.29, 1.82) is 0 Å². The smallest absolute Gasteiger partial charge is 0.146 e. The van der Waals surface area contributed by atoms with E-state index in [4.69, 9.17) is 11.6 Å². The summed E-state index contributed by atoms with van der Waals surface area (Å²) in [5, 5.41) is 3.49. The van der Waals surface area contributed by atoms with Crippen molar-refractivity contribution < 1.29 is 4.39 Å². The van der Waals surface area contributed by atoms with E-state index in [9.17, 15) is 4.39 Å². The second-order valence-corrected chi connectivity index (χ2v) is 6.17. The van der Waals surface area contributed by atoms with Gasteiger partial charge in [-0.05, 0) is 57.4 Å². The summed E-state index contributed by atoms with van der Waals surface area (Å²) in [6.07, 6.45) is 3.75. The molecule has 2 rings (SSSR count). The first-order valence-corrected chi connectivity index (χ1v) is 7.90. The van der Waals surface area contributed by atoms with Crippen molar-refractivity contribution in [3.8, 4) is 0 Å². The van der Waals surface area contributed by atoms with Crippen LogP contribution in [0.4, 0.5) is 4.39 Å². The van der Waals surface area contributed by atoms with E-state index in [1.807, 2.05) is 0 Å². The van der Waals surface area contributed by atoms with Crippen LogP contribution >= 0.6 is 11.6 Å². The van der Waals surface area contributed by atoms with Gasteiger partial charge in [-0.15, -0.1) is 0 Å². The summed E-state index contributed by atoms with van der Waals surface area (Å²) in [6.45, 7) is 7.38. The predicted molar refractivity (Wildman–Crippen MR) is 82.6 cm³/mol. The summed E-state index contributed by atoms with van der Waals surface area (Å²) < 4.78 is 13.7. The Balaban J connectivity index is 1.61. The SMILES string of the molecule is CC1CCN(CCCNCc2cccc(Cl)c2F)CC1. The Morgan fingerprint density at radius 2 is 2.10 bits per heavy atom. The van der Waals surface area contributed by atoms with Gasteiger partial charge in [0.15, 0.2) is 0 Å². The maximum absolute atomic E-state index is 13.7. The van der Waals surface area contributed by atoms with Gasteiger partial charge in [-0.2, -0.15) is 0 Å². The Hall–Kier alpha value is -0.640. The lowest BCUT2D eigenvalue weighted by molar-refractivity contribution is 0.190. The summed E-state index contributed by atoms with van der Waals surface area (Å²) in [6, 6.07) is 5.15. The summed E-state index contributed by atoms with van der Waals surface area (Å²) >= 11 is 5.76. The minimum atomic E-state index is -0.299. The van der Waals surface area contributed by atoms with Crippen molar-refractivity contribution in [3.05, 3.63) is 34.6 Å². The first-order valence-electron chi connectivity index (χ1n) is 7.53. The molecule has 0 saturated carbocycles. The first-order chi connectivity index (χ1) is 9.66. The molecule has 1 heterocycles. The molecule has 1 saturated heterocycles. The van der Waals surface area contributed by atoms with Crippen LogP contribution in [0.3, 0.4) is 0 Å². The van der Waals surface area contributed by atoms with Crippen molar-refractivity contribution in [2.24, 2.45) is 5.92 Å². The molecule has 0 radical (unpaired) electrons. The Bertz CT molecular complexity index is 417. The highest BCUT2D eigenvalue weighted by Crippen LogP contribution is 2.18. The third-order valence-electron chi connectivity index (χ3n) is 4.05. The van der Waals surface area contributed by atoms with Crippen molar-refractivity contribution in [2.45, 2.75) is 32.7 Å². The van der Waals surface area contributed by atoms with E-state index >= 15 is 0 Å². The van der Waals surface area contributed by atoms with Crippen LogP contribution in [-0.2, 0) is 6.54 Å². The van der Waals surface area contributed by atoms with Gasteiger partial charge in [-0.25, -0.2) is 4.39 Å². The van der Waals surface area contributed by atoms with E-state index in [0.717, 1.165) is 25.4 Å². The molecule has 0 aromatic heterocycles. The average molecular weight is 299 g/mol. The molecule has 1 aliphatic heterocycles. The highest BCUT2D eigenvalue weighted by Gasteiger charge is 2.14. The van der Waals surface area contributed by atoms with Gasteiger partial charge in [0.05, 0.1) is 5.02 Å². The minimum Gasteiger partial charge on any atom is -0.313 e. The topological polar surface area (TPSA) is 15.3 Å². The number of hydrogen-bond donors (Lipinski definition) is 1. The van der Waals surface area contributed by atoms with Crippen LogP contribution in [0.2, 0.25) is 5.02 Å². The second kappa shape index (κ2) is 7.96. The number of piperidine rings is 1. The number of nitrogens with one attached hydrogen (secondary N) is 1. The number of halogens is 2. The molecule has 1 aromatic rings. The fourth-order valence-corrected chi connectivity index (χ4v) is 2.82. The number of nitrogens with zero attached hydrogens (tertiary/aromatic N) is 1. The molecule has 0 aliphatic carbocycles. The Kier molecular flexibility index (Phi) is 6.27. The molecule has 0 bridgehead atoms. The monoisotopic (exact) mass is 298 g/mol.